The first kappa shape index (κ1) is 22.8. The number of benzene rings is 2. The Morgan fingerprint density at radius 3 is 2.78 bits per heavy atom. The summed E-state index contributed by atoms with van der Waals surface area (Å²) in [5.74, 6) is 0.601. The highest BCUT2D eigenvalue weighted by molar-refractivity contribution is 9.10. The Morgan fingerprint density at radius 1 is 1.28 bits per heavy atom. The summed E-state index contributed by atoms with van der Waals surface area (Å²) in [6, 6.07) is 12.8. The second kappa shape index (κ2) is 9.21. The van der Waals surface area contributed by atoms with Gasteiger partial charge >= 0.3 is 6.03 Å². The quantitative estimate of drug-likeness (QED) is 0.644. The minimum absolute atomic E-state index is 0.0257. The topological polar surface area (TPSA) is 81.9 Å². The summed E-state index contributed by atoms with van der Waals surface area (Å²) in [4.78, 5) is 27.4. The number of fused-ring (bicyclic) bond motifs is 1. The van der Waals surface area contributed by atoms with Crippen LogP contribution in [0.3, 0.4) is 0 Å². The third kappa shape index (κ3) is 3.91. The van der Waals surface area contributed by atoms with Gasteiger partial charge in [0.1, 0.15) is 12.6 Å². The number of carbonyl (C=O) groups is 2. The maximum atomic E-state index is 13.3. The third-order valence-electron chi connectivity index (χ3n) is 6.56. The number of nitrogens with two attached hydrogens (primary N) is 1. The molecule has 2 aromatic carbocycles. The molecule has 32 heavy (non-hydrogen) atoms. The van der Waals surface area contributed by atoms with E-state index in [1.54, 1.807) is 11.8 Å². The largest absolute Gasteiger partial charge is 0.488 e. The molecule has 2 aromatic rings. The predicted octanol–water partition coefficient (Wildman–Crippen LogP) is 3.78. The average Bonchev–Trinajstić information content (AvgIpc) is 2.78. The highest BCUT2D eigenvalue weighted by Crippen LogP contribution is 2.44. The van der Waals surface area contributed by atoms with E-state index in [1.165, 1.54) is 5.56 Å². The molecule has 2 aliphatic heterocycles. The van der Waals surface area contributed by atoms with Crippen LogP contribution in [-0.2, 0) is 16.0 Å². The van der Waals surface area contributed by atoms with E-state index < -0.39 is 18.2 Å². The third-order valence-corrected chi connectivity index (χ3v) is 7.05. The maximum absolute atomic E-state index is 13.3. The van der Waals surface area contributed by atoms with E-state index in [9.17, 15) is 9.59 Å². The number of ether oxygens (including phenoxy) is 2. The summed E-state index contributed by atoms with van der Waals surface area (Å²) in [6.45, 7) is 5.62. The molecule has 0 spiro atoms. The number of amides is 3. The van der Waals surface area contributed by atoms with Crippen molar-refractivity contribution in [2.75, 3.05) is 32.8 Å². The summed E-state index contributed by atoms with van der Waals surface area (Å²) in [5.41, 5.74) is 9.10. The van der Waals surface area contributed by atoms with Crippen molar-refractivity contribution in [3.05, 3.63) is 58.1 Å². The van der Waals surface area contributed by atoms with Crippen LogP contribution in [0.2, 0.25) is 0 Å². The van der Waals surface area contributed by atoms with Gasteiger partial charge < -0.3 is 20.1 Å². The molecular weight excluding hydrogens is 474 g/mol. The van der Waals surface area contributed by atoms with Gasteiger partial charge in [0.25, 0.3) is 0 Å². The first-order valence-corrected chi connectivity index (χ1v) is 11.7. The fourth-order valence-electron chi connectivity index (χ4n) is 5.04. The molecule has 8 heteroatoms. The number of primary amides is 1. The molecule has 3 unspecified atom stereocenters. The Labute approximate surface area is 196 Å². The number of piperazine rings is 1. The van der Waals surface area contributed by atoms with Crippen LogP contribution in [0, 0.1) is 0 Å². The first-order chi connectivity index (χ1) is 15.4. The van der Waals surface area contributed by atoms with Crippen LogP contribution in [0.15, 0.2) is 46.9 Å². The van der Waals surface area contributed by atoms with Gasteiger partial charge in [-0.15, -0.1) is 0 Å². The van der Waals surface area contributed by atoms with Gasteiger partial charge in [-0.05, 0) is 42.7 Å². The number of hydrogen-bond donors (Lipinski definition) is 1. The lowest BCUT2D eigenvalue weighted by Gasteiger charge is -2.50. The average molecular weight is 503 g/mol. The zero-order valence-electron chi connectivity index (χ0n) is 18.4. The van der Waals surface area contributed by atoms with Gasteiger partial charge in [0.15, 0.2) is 17.5 Å². The second-order valence-electron chi connectivity index (χ2n) is 8.25. The molecule has 0 saturated carbocycles. The van der Waals surface area contributed by atoms with Crippen molar-refractivity contribution in [2.24, 2.45) is 5.73 Å². The Morgan fingerprint density at radius 2 is 2.06 bits per heavy atom. The summed E-state index contributed by atoms with van der Waals surface area (Å²) in [7, 11) is 0. The monoisotopic (exact) mass is 502 g/mol. The molecule has 1 saturated heterocycles. The molecule has 3 amide bonds. The fourth-order valence-corrected chi connectivity index (χ4v) is 5.45. The second-order valence-corrected chi connectivity index (χ2v) is 9.16. The van der Waals surface area contributed by atoms with Crippen LogP contribution in [0.25, 0.3) is 0 Å². The number of hydrogen-bond acceptors (Lipinski definition) is 4. The molecule has 0 aromatic heterocycles. The molecule has 2 aliphatic rings. The zero-order chi connectivity index (χ0) is 22.9. The number of para-hydroxylation sites is 2. The van der Waals surface area contributed by atoms with Crippen molar-refractivity contribution in [1.29, 1.82) is 0 Å². The van der Waals surface area contributed by atoms with Gasteiger partial charge in [0, 0.05) is 17.5 Å². The van der Waals surface area contributed by atoms with Crippen molar-refractivity contribution in [3.8, 4) is 5.75 Å². The van der Waals surface area contributed by atoms with Gasteiger partial charge in [0.2, 0.25) is 5.91 Å². The van der Waals surface area contributed by atoms with Gasteiger partial charge in [0.05, 0.1) is 26.3 Å². The number of urea groups is 1. The first-order valence-electron chi connectivity index (χ1n) is 10.9. The number of halogens is 1. The van der Waals surface area contributed by atoms with E-state index >= 15 is 0 Å². The number of quaternary nitrogens is 1. The van der Waals surface area contributed by atoms with Crippen molar-refractivity contribution < 1.29 is 19.1 Å². The van der Waals surface area contributed by atoms with E-state index in [0.29, 0.717) is 44.3 Å². The molecule has 3 atom stereocenters. The van der Waals surface area contributed by atoms with E-state index in [-0.39, 0.29) is 10.4 Å². The maximum Gasteiger partial charge on any atom is 0.419 e. The molecule has 2 heterocycles. The van der Waals surface area contributed by atoms with Crippen LogP contribution in [-0.4, -0.2) is 55.7 Å². The summed E-state index contributed by atoms with van der Waals surface area (Å²) >= 11 is 3.56. The van der Waals surface area contributed by atoms with Gasteiger partial charge in [-0.25, -0.2) is 4.79 Å². The zero-order valence-corrected chi connectivity index (χ0v) is 20.0. The molecule has 0 radical (unpaired) electrons. The molecular formula is C24H29BrN3O4+. The van der Waals surface area contributed by atoms with E-state index in [1.807, 2.05) is 43.3 Å². The molecule has 2 N–H and O–H groups in total. The SMILES string of the molecule is CCOc1ccccc1[N+]1(C(N)=O)CCN(C(C)=O)CC1C1OCCc2cc(Br)ccc21. The highest BCUT2D eigenvalue weighted by atomic mass is 79.9. The molecule has 4 rings (SSSR count). The van der Waals surface area contributed by atoms with Crippen molar-refractivity contribution in [1.82, 2.24) is 9.38 Å². The summed E-state index contributed by atoms with van der Waals surface area (Å²) in [5, 5.41) is 0. The van der Waals surface area contributed by atoms with Crippen LogP contribution >= 0.6 is 15.9 Å². The van der Waals surface area contributed by atoms with Crippen molar-refractivity contribution >= 4 is 33.6 Å². The van der Waals surface area contributed by atoms with Crippen LogP contribution in [0.5, 0.6) is 5.75 Å². The van der Waals surface area contributed by atoms with Crippen LogP contribution < -0.4 is 15.0 Å². The number of nitrogens with zero attached hydrogens (tertiary/aromatic N) is 2. The fraction of sp³-hybridized carbons (Fsp3) is 0.417. The van der Waals surface area contributed by atoms with E-state index in [4.69, 9.17) is 15.2 Å². The Kier molecular flexibility index (Phi) is 6.55. The Balaban J connectivity index is 1.90. The smallest absolute Gasteiger partial charge is 0.419 e. The number of carbonyl (C=O) groups excluding carboxylic acids is 2. The molecule has 0 aliphatic carbocycles. The lowest BCUT2D eigenvalue weighted by molar-refractivity contribution is -0.133. The standard InChI is InChI=1S/C24H28BrN3O4/c1-3-31-22-7-5-4-6-20(22)28(24(26)30)12-11-27(16(2)29)15-21(28)23-19-9-8-18(25)14-17(19)10-13-32-23/h4-9,14,21,23H,3,10-13,15H2,1-2H3,(H-,26,30)/p+1. The van der Waals surface area contributed by atoms with Crippen LogP contribution in [0.4, 0.5) is 10.5 Å². The molecule has 1 fully saturated rings. The Bertz CT molecular complexity index is 1030. The molecule has 0 bridgehead atoms. The summed E-state index contributed by atoms with van der Waals surface area (Å²) < 4.78 is 13.1. The van der Waals surface area contributed by atoms with E-state index in [2.05, 4.69) is 22.0 Å². The summed E-state index contributed by atoms with van der Waals surface area (Å²) in [6.07, 6.45) is 0.400. The van der Waals surface area contributed by atoms with Gasteiger partial charge in [-0.3, -0.25) is 4.79 Å². The van der Waals surface area contributed by atoms with Gasteiger partial charge in [-0.1, -0.05) is 34.1 Å². The normalized spacial score (nSPS) is 25.2. The number of rotatable bonds is 4. The van der Waals surface area contributed by atoms with Crippen molar-refractivity contribution in [2.45, 2.75) is 32.4 Å². The predicted molar refractivity (Wildman–Crippen MR) is 126 cm³/mol. The minimum atomic E-state index is -0.474. The minimum Gasteiger partial charge on any atom is -0.488 e. The van der Waals surface area contributed by atoms with Crippen molar-refractivity contribution in [3.63, 3.8) is 0 Å². The molecule has 170 valence electrons. The van der Waals surface area contributed by atoms with Crippen LogP contribution in [0.1, 0.15) is 31.1 Å². The molecule has 7 nitrogen and oxygen atoms in total. The van der Waals surface area contributed by atoms with Gasteiger partial charge in [-0.2, -0.15) is 4.48 Å². The lowest BCUT2D eigenvalue weighted by atomic mass is 9.89. The van der Waals surface area contributed by atoms with E-state index in [0.717, 1.165) is 16.5 Å². The highest BCUT2D eigenvalue weighted by Gasteiger charge is 2.55. The lowest BCUT2D eigenvalue weighted by Crippen LogP contribution is -2.73. The Hall–Kier alpha value is -2.42.